The lowest BCUT2D eigenvalue weighted by Crippen LogP contribution is -2.15. The molecule has 114 valence electrons. The van der Waals surface area contributed by atoms with Gasteiger partial charge in [-0.05, 0) is 30.2 Å². The van der Waals surface area contributed by atoms with E-state index >= 15 is 0 Å². The number of benzene rings is 2. The molecule has 0 bridgehead atoms. The molecule has 6 heteroatoms. The van der Waals surface area contributed by atoms with Crippen LogP contribution >= 0.6 is 0 Å². The summed E-state index contributed by atoms with van der Waals surface area (Å²) < 4.78 is 18.7. The number of aryl methyl sites for hydroxylation is 1. The van der Waals surface area contributed by atoms with Crippen molar-refractivity contribution in [2.75, 3.05) is 5.32 Å². The standard InChI is InChI=1S/C16H14FNO4/c1-10-7-13(17)14(8-12(10)15(19)20)18-16(21)22-9-11-5-3-2-4-6-11/h2-8H,9H2,1H3,(H,18,21)(H,19,20). The molecule has 2 aromatic rings. The van der Waals surface area contributed by atoms with Gasteiger partial charge in [0, 0.05) is 0 Å². The molecular formula is C16H14FNO4. The highest BCUT2D eigenvalue weighted by Gasteiger charge is 2.14. The van der Waals surface area contributed by atoms with Crippen LogP contribution in [-0.4, -0.2) is 17.2 Å². The second-order valence-electron chi connectivity index (χ2n) is 4.64. The van der Waals surface area contributed by atoms with Crippen molar-refractivity contribution in [3.05, 3.63) is 65.0 Å². The molecule has 0 heterocycles. The average molecular weight is 303 g/mol. The number of carbonyl (C=O) groups excluding carboxylic acids is 1. The van der Waals surface area contributed by atoms with Gasteiger partial charge in [0.2, 0.25) is 0 Å². The fraction of sp³-hybridized carbons (Fsp3) is 0.125. The summed E-state index contributed by atoms with van der Waals surface area (Å²) in [5, 5.41) is 11.2. The molecule has 0 unspecified atom stereocenters. The van der Waals surface area contributed by atoms with E-state index in [1.807, 2.05) is 6.07 Å². The highest BCUT2D eigenvalue weighted by Crippen LogP contribution is 2.20. The van der Waals surface area contributed by atoms with E-state index in [9.17, 15) is 14.0 Å². The molecule has 22 heavy (non-hydrogen) atoms. The minimum atomic E-state index is -1.20. The summed E-state index contributed by atoms with van der Waals surface area (Å²) in [6.45, 7) is 1.51. The van der Waals surface area contributed by atoms with E-state index in [2.05, 4.69) is 5.32 Å². The van der Waals surface area contributed by atoms with Crippen molar-refractivity contribution in [2.45, 2.75) is 13.5 Å². The number of anilines is 1. The van der Waals surface area contributed by atoms with E-state index in [1.165, 1.54) is 6.92 Å². The monoisotopic (exact) mass is 303 g/mol. The van der Waals surface area contributed by atoms with Crippen molar-refractivity contribution in [1.29, 1.82) is 0 Å². The average Bonchev–Trinajstić information content (AvgIpc) is 2.48. The van der Waals surface area contributed by atoms with E-state index in [4.69, 9.17) is 9.84 Å². The van der Waals surface area contributed by atoms with Crippen LogP contribution in [0.25, 0.3) is 0 Å². The van der Waals surface area contributed by atoms with Gasteiger partial charge in [0.15, 0.2) is 0 Å². The number of nitrogens with one attached hydrogen (secondary N) is 1. The Morgan fingerprint density at radius 1 is 1.23 bits per heavy atom. The molecule has 2 rings (SSSR count). The predicted octanol–water partition coefficient (Wildman–Crippen LogP) is 3.58. The van der Waals surface area contributed by atoms with Crippen molar-refractivity contribution in [3.63, 3.8) is 0 Å². The Hall–Kier alpha value is -2.89. The summed E-state index contributed by atoms with van der Waals surface area (Å²) in [6, 6.07) is 11.1. The largest absolute Gasteiger partial charge is 0.478 e. The van der Waals surface area contributed by atoms with Gasteiger partial charge in [-0.15, -0.1) is 0 Å². The summed E-state index contributed by atoms with van der Waals surface area (Å²) >= 11 is 0. The molecule has 0 fully saturated rings. The van der Waals surface area contributed by atoms with Crippen LogP contribution in [0.5, 0.6) is 0 Å². The van der Waals surface area contributed by atoms with Crippen molar-refractivity contribution in [3.8, 4) is 0 Å². The molecule has 2 aromatic carbocycles. The molecule has 0 aromatic heterocycles. The number of hydrogen-bond donors (Lipinski definition) is 2. The van der Waals surface area contributed by atoms with Crippen LogP contribution in [0.1, 0.15) is 21.5 Å². The Labute approximate surface area is 126 Å². The van der Waals surface area contributed by atoms with E-state index in [1.54, 1.807) is 24.3 Å². The second-order valence-corrected chi connectivity index (χ2v) is 4.64. The van der Waals surface area contributed by atoms with E-state index in [-0.39, 0.29) is 23.4 Å². The Morgan fingerprint density at radius 2 is 1.91 bits per heavy atom. The number of amides is 1. The van der Waals surface area contributed by atoms with E-state index < -0.39 is 17.9 Å². The van der Waals surface area contributed by atoms with Crippen LogP contribution in [0.2, 0.25) is 0 Å². The lowest BCUT2D eigenvalue weighted by Gasteiger charge is -2.10. The molecule has 2 N–H and O–H groups in total. The maximum absolute atomic E-state index is 13.8. The summed E-state index contributed by atoms with van der Waals surface area (Å²) in [5.74, 6) is -1.92. The highest BCUT2D eigenvalue weighted by atomic mass is 19.1. The molecule has 5 nitrogen and oxygen atoms in total. The topological polar surface area (TPSA) is 75.6 Å². The first kappa shape index (κ1) is 15.5. The SMILES string of the molecule is Cc1cc(F)c(NC(=O)OCc2ccccc2)cc1C(=O)O. The Morgan fingerprint density at radius 3 is 2.55 bits per heavy atom. The second kappa shape index (κ2) is 6.71. The molecule has 0 aliphatic carbocycles. The fourth-order valence-corrected chi connectivity index (χ4v) is 1.87. The zero-order valence-corrected chi connectivity index (χ0v) is 11.8. The number of halogens is 1. The predicted molar refractivity (Wildman–Crippen MR) is 78.3 cm³/mol. The van der Waals surface area contributed by atoms with Crippen LogP contribution in [0.4, 0.5) is 14.9 Å². The van der Waals surface area contributed by atoms with Crippen molar-refractivity contribution in [1.82, 2.24) is 0 Å². The van der Waals surface area contributed by atoms with Gasteiger partial charge in [-0.2, -0.15) is 0 Å². The molecule has 1 amide bonds. The smallest absolute Gasteiger partial charge is 0.412 e. The number of carbonyl (C=O) groups is 2. The van der Waals surface area contributed by atoms with Gasteiger partial charge >= 0.3 is 12.1 Å². The zero-order valence-electron chi connectivity index (χ0n) is 11.8. The first-order valence-corrected chi connectivity index (χ1v) is 6.48. The van der Waals surface area contributed by atoms with Gasteiger partial charge in [0.25, 0.3) is 0 Å². The Kier molecular flexibility index (Phi) is 4.73. The maximum atomic E-state index is 13.8. The van der Waals surface area contributed by atoms with Crippen molar-refractivity contribution < 1.29 is 23.8 Å². The van der Waals surface area contributed by atoms with E-state index in [0.717, 1.165) is 17.7 Å². The van der Waals surface area contributed by atoms with Gasteiger partial charge in [0.05, 0.1) is 11.3 Å². The third kappa shape index (κ3) is 3.82. The Balaban J connectivity index is 2.05. The quantitative estimate of drug-likeness (QED) is 0.905. The lowest BCUT2D eigenvalue weighted by molar-refractivity contribution is 0.0696. The summed E-state index contributed by atoms with van der Waals surface area (Å²) in [5.41, 5.74) is 0.738. The molecular weight excluding hydrogens is 289 g/mol. The van der Waals surface area contributed by atoms with Gasteiger partial charge in [0.1, 0.15) is 12.4 Å². The van der Waals surface area contributed by atoms with Gasteiger partial charge < -0.3 is 9.84 Å². The minimum Gasteiger partial charge on any atom is -0.478 e. The first-order valence-electron chi connectivity index (χ1n) is 6.48. The zero-order chi connectivity index (χ0) is 16.1. The molecule has 0 saturated carbocycles. The summed E-state index contributed by atoms with van der Waals surface area (Å²) in [4.78, 5) is 22.7. The molecule has 0 spiro atoms. The van der Waals surface area contributed by atoms with Gasteiger partial charge in [-0.1, -0.05) is 30.3 Å². The first-order chi connectivity index (χ1) is 10.5. The summed E-state index contributed by atoms with van der Waals surface area (Å²) in [7, 11) is 0. The Bertz CT molecular complexity index is 701. The molecule has 0 radical (unpaired) electrons. The van der Waals surface area contributed by atoms with E-state index in [0.29, 0.717) is 0 Å². The van der Waals surface area contributed by atoms with Gasteiger partial charge in [-0.25, -0.2) is 14.0 Å². The molecule has 0 atom stereocenters. The normalized spacial score (nSPS) is 10.1. The number of rotatable bonds is 4. The van der Waals surface area contributed by atoms with Crippen molar-refractivity contribution >= 4 is 17.7 Å². The van der Waals surface area contributed by atoms with Crippen LogP contribution in [0.15, 0.2) is 42.5 Å². The van der Waals surface area contributed by atoms with Crippen LogP contribution in [0.3, 0.4) is 0 Å². The minimum absolute atomic E-state index is 0.0337. The van der Waals surface area contributed by atoms with Crippen LogP contribution in [-0.2, 0) is 11.3 Å². The maximum Gasteiger partial charge on any atom is 0.412 e. The molecule has 0 aliphatic heterocycles. The van der Waals surface area contributed by atoms with Crippen molar-refractivity contribution in [2.24, 2.45) is 0 Å². The third-order valence-corrected chi connectivity index (χ3v) is 2.99. The highest BCUT2D eigenvalue weighted by molar-refractivity contribution is 5.92. The molecule has 0 aliphatic rings. The number of hydrogen-bond acceptors (Lipinski definition) is 3. The lowest BCUT2D eigenvalue weighted by atomic mass is 10.1. The molecule has 0 saturated heterocycles. The summed E-state index contributed by atoms with van der Waals surface area (Å²) in [6.07, 6.45) is -0.858. The number of ether oxygens (including phenoxy) is 1. The number of carboxylic acids is 1. The number of aromatic carboxylic acids is 1. The number of carboxylic acid groups (broad SMARTS) is 1. The van der Waals surface area contributed by atoms with Crippen LogP contribution in [0, 0.1) is 12.7 Å². The fourth-order valence-electron chi connectivity index (χ4n) is 1.87. The van der Waals surface area contributed by atoms with Gasteiger partial charge in [-0.3, -0.25) is 5.32 Å². The van der Waals surface area contributed by atoms with Crippen LogP contribution < -0.4 is 5.32 Å². The third-order valence-electron chi connectivity index (χ3n) is 2.99.